The number of anilines is 1. The fourth-order valence-electron chi connectivity index (χ4n) is 2.39. The van der Waals surface area contributed by atoms with E-state index in [0.29, 0.717) is 11.7 Å². The van der Waals surface area contributed by atoms with Crippen molar-refractivity contribution in [2.24, 2.45) is 0 Å². The molecule has 3 N–H and O–H groups in total. The molecule has 1 aromatic carbocycles. The molecule has 18 heavy (non-hydrogen) atoms. The van der Waals surface area contributed by atoms with Crippen LogP contribution in [0.1, 0.15) is 30.1 Å². The van der Waals surface area contributed by atoms with Crippen molar-refractivity contribution in [3.8, 4) is 0 Å². The molecular weight excluding hydrogens is 226 g/mol. The van der Waals surface area contributed by atoms with Crippen molar-refractivity contribution in [3.63, 3.8) is 0 Å². The second kappa shape index (κ2) is 5.87. The van der Waals surface area contributed by atoms with Gasteiger partial charge in [0, 0.05) is 30.4 Å². The number of nitrogens with two attached hydrogens (primary N) is 1. The Balaban J connectivity index is 2.14. The van der Waals surface area contributed by atoms with Crippen LogP contribution in [0.5, 0.6) is 0 Å². The molecule has 1 aliphatic rings. The quantitative estimate of drug-likeness (QED) is 0.792. The number of amides is 1. The molecular formula is C14H21N3O. The smallest absolute Gasteiger partial charge is 0.254 e. The minimum Gasteiger partial charge on any atom is -0.399 e. The Morgan fingerprint density at radius 3 is 2.72 bits per heavy atom. The van der Waals surface area contributed by atoms with Gasteiger partial charge in [-0.1, -0.05) is 6.92 Å². The molecule has 98 valence electrons. The molecule has 4 heteroatoms. The molecule has 0 aliphatic carbocycles. The van der Waals surface area contributed by atoms with Gasteiger partial charge in [-0.3, -0.25) is 4.79 Å². The lowest BCUT2D eigenvalue weighted by atomic mass is 10.1. The number of nitrogens with zero attached hydrogens (tertiary/aromatic N) is 1. The molecule has 0 radical (unpaired) electrons. The number of benzene rings is 1. The van der Waals surface area contributed by atoms with Crippen LogP contribution in [0.15, 0.2) is 24.3 Å². The largest absolute Gasteiger partial charge is 0.399 e. The Hall–Kier alpha value is -1.55. The van der Waals surface area contributed by atoms with Crippen molar-refractivity contribution in [2.75, 3.05) is 25.4 Å². The van der Waals surface area contributed by atoms with Crippen molar-refractivity contribution in [3.05, 3.63) is 29.8 Å². The van der Waals surface area contributed by atoms with E-state index in [9.17, 15) is 4.79 Å². The summed E-state index contributed by atoms with van der Waals surface area (Å²) in [6.07, 6.45) is 2.03. The number of hydrogen-bond acceptors (Lipinski definition) is 3. The van der Waals surface area contributed by atoms with Gasteiger partial charge in [-0.2, -0.15) is 0 Å². The van der Waals surface area contributed by atoms with Crippen molar-refractivity contribution < 1.29 is 4.79 Å². The van der Waals surface area contributed by atoms with E-state index in [4.69, 9.17) is 5.73 Å². The van der Waals surface area contributed by atoms with E-state index >= 15 is 0 Å². The number of carbonyl (C=O) groups excluding carboxylic acids is 1. The highest BCUT2D eigenvalue weighted by atomic mass is 16.2. The first-order valence-electron chi connectivity index (χ1n) is 6.59. The zero-order valence-electron chi connectivity index (χ0n) is 10.9. The average molecular weight is 247 g/mol. The fraction of sp³-hybridized carbons (Fsp3) is 0.500. The molecule has 0 spiro atoms. The maximum Gasteiger partial charge on any atom is 0.254 e. The molecule has 1 aromatic rings. The van der Waals surface area contributed by atoms with Gasteiger partial charge in [0.15, 0.2) is 0 Å². The highest BCUT2D eigenvalue weighted by molar-refractivity contribution is 5.94. The number of carbonyl (C=O) groups is 1. The second-order valence-corrected chi connectivity index (χ2v) is 4.77. The van der Waals surface area contributed by atoms with E-state index < -0.39 is 0 Å². The van der Waals surface area contributed by atoms with Crippen LogP contribution in [0.4, 0.5) is 5.69 Å². The summed E-state index contributed by atoms with van der Waals surface area (Å²) in [5.41, 5.74) is 7.07. The Morgan fingerprint density at radius 1 is 1.44 bits per heavy atom. The van der Waals surface area contributed by atoms with Gasteiger partial charge in [0.25, 0.3) is 5.91 Å². The third-order valence-electron chi connectivity index (χ3n) is 3.36. The second-order valence-electron chi connectivity index (χ2n) is 4.77. The predicted octanol–water partition coefficient (Wildman–Crippen LogP) is 1.48. The van der Waals surface area contributed by atoms with Gasteiger partial charge in [-0.25, -0.2) is 0 Å². The van der Waals surface area contributed by atoms with Gasteiger partial charge in [0.05, 0.1) is 0 Å². The lowest BCUT2D eigenvalue weighted by Gasteiger charge is -2.28. The Morgan fingerprint density at radius 2 is 2.17 bits per heavy atom. The van der Waals surface area contributed by atoms with Crippen LogP contribution in [0.3, 0.4) is 0 Å². The summed E-state index contributed by atoms with van der Waals surface area (Å²) >= 11 is 0. The Labute approximate surface area is 108 Å². The minimum absolute atomic E-state index is 0.116. The van der Waals surface area contributed by atoms with E-state index in [1.807, 2.05) is 17.0 Å². The van der Waals surface area contributed by atoms with Gasteiger partial charge in [0.2, 0.25) is 0 Å². The normalized spacial score (nSPS) is 18.8. The number of hydrogen-bond donors (Lipinski definition) is 2. The fourth-order valence-corrected chi connectivity index (χ4v) is 2.39. The van der Waals surface area contributed by atoms with Crippen molar-refractivity contribution >= 4 is 11.6 Å². The first kappa shape index (κ1) is 12.9. The zero-order chi connectivity index (χ0) is 13.0. The van der Waals surface area contributed by atoms with Crippen molar-refractivity contribution in [2.45, 2.75) is 25.8 Å². The molecule has 4 nitrogen and oxygen atoms in total. The standard InChI is InChI=1S/C14H21N3O/c1-2-9-17(13-7-8-16-10-13)14(18)11-3-5-12(15)6-4-11/h3-6,13,16H,2,7-10,15H2,1H3. The summed E-state index contributed by atoms with van der Waals surface area (Å²) in [5, 5.41) is 3.31. The highest BCUT2D eigenvalue weighted by Crippen LogP contribution is 2.15. The monoisotopic (exact) mass is 247 g/mol. The molecule has 1 amide bonds. The van der Waals surface area contributed by atoms with E-state index in [-0.39, 0.29) is 5.91 Å². The molecule has 1 saturated heterocycles. The summed E-state index contributed by atoms with van der Waals surface area (Å²) < 4.78 is 0. The van der Waals surface area contributed by atoms with Crippen LogP contribution in [0.25, 0.3) is 0 Å². The third-order valence-corrected chi connectivity index (χ3v) is 3.36. The summed E-state index contributed by atoms with van der Waals surface area (Å²) in [6, 6.07) is 7.51. The highest BCUT2D eigenvalue weighted by Gasteiger charge is 2.26. The SMILES string of the molecule is CCCN(C(=O)c1ccc(N)cc1)C1CCNC1. The van der Waals surface area contributed by atoms with Gasteiger partial charge >= 0.3 is 0 Å². The van der Waals surface area contributed by atoms with Crippen molar-refractivity contribution in [1.82, 2.24) is 10.2 Å². The molecule has 0 bridgehead atoms. The number of nitrogens with one attached hydrogen (secondary N) is 1. The predicted molar refractivity (Wildman–Crippen MR) is 73.5 cm³/mol. The van der Waals surface area contributed by atoms with Gasteiger partial charge in [-0.05, 0) is 43.7 Å². The molecule has 1 aliphatic heterocycles. The van der Waals surface area contributed by atoms with E-state index in [1.54, 1.807) is 12.1 Å². The number of rotatable bonds is 4. The first-order valence-corrected chi connectivity index (χ1v) is 6.59. The molecule has 1 atom stereocenters. The topological polar surface area (TPSA) is 58.4 Å². The van der Waals surface area contributed by atoms with Gasteiger partial charge in [-0.15, -0.1) is 0 Å². The van der Waals surface area contributed by atoms with E-state index in [0.717, 1.165) is 38.0 Å². The maximum atomic E-state index is 12.5. The van der Waals surface area contributed by atoms with Crippen LogP contribution in [0.2, 0.25) is 0 Å². The van der Waals surface area contributed by atoms with Gasteiger partial charge in [0.1, 0.15) is 0 Å². The van der Waals surface area contributed by atoms with Crippen molar-refractivity contribution in [1.29, 1.82) is 0 Å². The summed E-state index contributed by atoms with van der Waals surface area (Å²) in [4.78, 5) is 14.5. The van der Waals surface area contributed by atoms with Crippen LogP contribution >= 0.6 is 0 Å². The van der Waals surface area contributed by atoms with Gasteiger partial charge < -0.3 is 16.0 Å². The summed E-state index contributed by atoms with van der Waals surface area (Å²) in [6.45, 7) is 4.82. The molecule has 1 heterocycles. The summed E-state index contributed by atoms with van der Waals surface area (Å²) in [5.74, 6) is 0.116. The Kier molecular flexibility index (Phi) is 4.20. The maximum absolute atomic E-state index is 12.5. The minimum atomic E-state index is 0.116. The van der Waals surface area contributed by atoms with E-state index in [2.05, 4.69) is 12.2 Å². The lowest BCUT2D eigenvalue weighted by molar-refractivity contribution is 0.0692. The van der Waals surface area contributed by atoms with Crippen LogP contribution < -0.4 is 11.1 Å². The van der Waals surface area contributed by atoms with E-state index in [1.165, 1.54) is 0 Å². The Bertz CT molecular complexity index is 396. The lowest BCUT2D eigenvalue weighted by Crippen LogP contribution is -2.42. The average Bonchev–Trinajstić information content (AvgIpc) is 2.90. The molecule has 2 rings (SSSR count). The van der Waals surface area contributed by atoms with Crippen LogP contribution in [-0.2, 0) is 0 Å². The molecule has 0 aromatic heterocycles. The van der Waals surface area contributed by atoms with Crippen LogP contribution in [-0.4, -0.2) is 36.5 Å². The zero-order valence-corrected chi connectivity index (χ0v) is 10.9. The van der Waals surface area contributed by atoms with Crippen LogP contribution in [0, 0.1) is 0 Å². The first-order chi connectivity index (χ1) is 8.72. The molecule has 1 unspecified atom stereocenters. The number of nitrogen functional groups attached to an aromatic ring is 1. The third kappa shape index (κ3) is 2.82. The molecule has 1 fully saturated rings. The summed E-state index contributed by atoms with van der Waals surface area (Å²) in [7, 11) is 0. The molecule has 0 saturated carbocycles.